The van der Waals surface area contributed by atoms with Gasteiger partial charge in [-0.05, 0) is 54.8 Å². The molecule has 0 unspecified atom stereocenters. The van der Waals surface area contributed by atoms with Gasteiger partial charge in [0.2, 0.25) is 0 Å². The SMILES string of the molecule is C[C@H]1O[C@@H](O[C@H]2[C@H](O)[C@@H](OCCc3ccc(O)c(O)c3)O[C@@H](CO)[C@@H]2OC(=O)/C=C/c2ccc(O)c(O)c2)[C@H](O)[C@H](O)[C@H]1O. The third-order valence-corrected chi connectivity index (χ3v) is 7.27. The van der Waals surface area contributed by atoms with Gasteiger partial charge >= 0.3 is 5.97 Å². The van der Waals surface area contributed by atoms with Crippen LogP contribution in [0.3, 0.4) is 0 Å². The Morgan fingerprint density at radius 2 is 1.50 bits per heavy atom. The van der Waals surface area contributed by atoms with Gasteiger partial charge in [0.15, 0.2) is 41.7 Å². The fourth-order valence-electron chi connectivity index (χ4n) is 4.76. The number of aliphatic hydroxyl groups excluding tert-OH is 5. The zero-order chi connectivity index (χ0) is 32.1. The summed E-state index contributed by atoms with van der Waals surface area (Å²) < 4.78 is 28.2. The molecule has 2 aliphatic heterocycles. The molecule has 15 heteroatoms. The summed E-state index contributed by atoms with van der Waals surface area (Å²) in [5.74, 6) is -2.40. The Kier molecular flexibility index (Phi) is 11.0. The quantitative estimate of drug-likeness (QED) is 0.0873. The molecule has 242 valence electrons. The maximum absolute atomic E-state index is 12.8. The first-order valence-electron chi connectivity index (χ1n) is 13.7. The lowest BCUT2D eigenvalue weighted by Gasteiger charge is -2.46. The van der Waals surface area contributed by atoms with Crippen molar-refractivity contribution >= 4 is 12.0 Å². The molecule has 0 amide bonds. The van der Waals surface area contributed by atoms with Crippen LogP contribution in [0.15, 0.2) is 42.5 Å². The summed E-state index contributed by atoms with van der Waals surface area (Å²) >= 11 is 0. The van der Waals surface area contributed by atoms with Crippen LogP contribution in [-0.2, 0) is 34.9 Å². The standard InChI is InChI=1S/C29H36O15/c1-13-22(36)23(37)24(38)29(41-13)44-27-25(39)28(40-9-8-15-3-6-17(32)19(34)11-15)42-20(12-30)26(27)43-21(35)7-4-14-2-5-16(31)18(33)10-14/h2-7,10-11,13,20,22-34,36-39H,8-9,12H2,1H3/b7-4+/t13-,20+,22+,23-,24-,25+,26+,27+,28+,29+/m1/s1. The van der Waals surface area contributed by atoms with Crippen LogP contribution in [0.25, 0.3) is 6.08 Å². The molecule has 0 aliphatic carbocycles. The maximum atomic E-state index is 12.8. The lowest BCUT2D eigenvalue weighted by atomic mass is 9.97. The van der Waals surface area contributed by atoms with E-state index in [4.69, 9.17) is 23.7 Å². The van der Waals surface area contributed by atoms with Gasteiger partial charge in [0.05, 0.1) is 19.3 Å². The average molecular weight is 625 g/mol. The number of ether oxygens (including phenoxy) is 5. The number of phenols is 4. The van der Waals surface area contributed by atoms with Crippen LogP contribution in [0, 0.1) is 0 Å². The summed E-state index contributed by atoms with van der Waals surface area (Å²) in [6.07, 6.45) is -12.6. The van der Waals surface area contributed by atoms with Gasteiger partial charge < -0.3 is 69.6 Å². The highest BCUT2D eigenvalue weighted by Gasteiger charge is 2.52. The number of rotatable bonds is 10. The van der Waals surface area contributed by atoms with Gasteiger partial charge in [-0.1, -0.05) is 12.1 Å². The molecule has 2 saturated heterocycles. The summed E-state index contributed by atoms with van der Waals surface area (Å²) in [4.78, 5) is 12.8. The molecule has 0 radical (unpaired) electrons. The molecule has 4 rings (SSSR count). The molecule has 2 fully saturated rings. The molecule has 2 aromatic carbocycles. The highest BCUT2D eigenvalue weighted by Crippen LogP contribution is 2.32. The number of aromatic hydroxyl groups is 4. The largest absolute Gasteiger partial charge is 0.504 e. The van der Waals surface area contributed by atoms with Crippen molar-refractivity contribution in [3.05, 3.63) is 53.6 Å². The molecule has 2 aromatic rings. The van der Waals surface area contributed by atoms with Crippen LogP contribution >= 0.6 is 0 Å². The van der Waals surface area contributed by atoms with E-state index in [1.54, 1.807) is 6.07 Å². The van der Waals surface area contributed by atoms with Gasteiger partial charge in [0, 0.05) is 6.08 Å². The molecule has 10 atom stereocenters. The Bertz CT molecular complexity index is 1300. The first kappa shape index (κ1) is 33.4. The molecular weight excluding hydrogens is 588 g/mol. The molecule has 2 heterocycles. The van der Waals surface area contributed by atoms with E-state index < -0.39 is 79.7 Å². The highest BCUT2D eigenvalue weighted by molar-refractivity contribution is 5.87. The number of hydrogen-bond donors (Lipinski definition) is 9. The van der Waals surface area contributed by atoms with Gasteiger partial charge in [-0.25, -0.2) is 4.79 Å². The normalized spacial score (nSPS) is 32.5. The molecule has 0 aromatic heterocycles. The van der Waals surface area contributed by atoms with Crippen LogP contribution < -0.4 is 0 Å². The minimum absolute atomic E-state index is 0.0754. The number of hydrogen-bond acceptors (Lipinski definition) is 15. The molecule has 2 aliphatic rings. The Labute approximate surface area is 251 Å². The third-order valence-electron chi connectivity index (χ3n) is 7.27. The average Bonchev–Trinajstić information content (AvgIpc) is 2.99. The fraction of sp³-hybridized carbons (Fsp3) is 0.483. The van der Waals surface area contributed by atoms with Crippen molar-refractivity contribution in [2.75, 3.05) is 13.2 Å². The predicted octanol–water partition coefficient (Wildman–Crippen LogP) is -1.02. The van der Waals surface area contributed by atoms with Crippen molar-refractivity contribution in [3.8, 4) is 23.0 Å². The lowest BCUT2D eigenvalue weighted by Crippen LogP contribution is -2.65. The molecular formula is C29H36O15. The molecule has 0 bridgehead atoms. The van der Waals surface area contributed by atoms with Crippen molar-refractivity contribution in [1.29, 1.82) is 0 Å². The molecule has 9 N–H and O–H groups in total. The Morgan fingerprint density at radius 1 is 0.818 bits per heavy atom. The maximum Gasteiger partial charge on any atom is 0.331 e. The summed E-state index contributed by atoms with van der Waals surface area (Å²) in [5, 5.41) is 90.5. The van der Waals surface area contributed by atoms with E-state index >= 15 is 0 Å². The van der Waals surface area contributed by atoms with Crippen molar-refractivity contribution in [2.45, 2.75) is 74.8 Å². The van der Waals surface area contributed by atoms with Crippen LogP contribution in [0.1, 0.15) is 18.1 Å². The summed E-state index contributed by atoms with van der Waals surface area (Å²) in [5.41, 5.74) is 0.914. The minimum Gasteiger partial charge on any atom is -0.504 e. The Balaban J connectivity index is 1.52. The van der Waals surface area contributed by atoms with E-state index in [1.807, 2.05) is 0 Å². The third kappa shape index (κ3) is 7.76. The number of aliphatic hydroxyl groups is 5. The number of carbonyl (C=O) groups excluding carboxylic acids is 1. The first-order valence-corrected chi connectivity index (χ1v) is 13.7. The smallest absolute Gasteiger partial charge is 0.331 e. The number of esters is 1. The number of phenolic OH excluding ortho intramolecular Hbond substituents is 4. The minimum atomic E-state index is -1.77. The van der Waals surface area contributed by atoms with Crippen LogP contribution in [-0.4, -0.2) is 127 Å². The molecule has 15 nitrogen and oxygen atoms in total. The van der Waals surface area contributed by atoms with Crippen LogP contribution in [0.4, 0.5) is 0 Å². The van der Waals surface area contributed by atoms with Crippen molar-refractivity contribution < 1.29 is 74.4 Å². The fourth-order valence-corrected chi connectivity index (χ4v) is 4.76. The van der Waals surface area contributed by atoms with Crippen molar-refractivity contribution in [1.82, 2.24) is 0 Å². The second-order valence-corrected chi connectivity index (χ2v) is 10.4. The predicted molar refractivity (Wildman–Crippen MR) is 147 cm³/mol. The summed E-state index contributed by atoms with van der Waals surface area (Å²) in [6, 6.07) is 7.98. The Morgan fingerprint density at radius 3 is 2.16 bits per heavy atom. The molecule has 0 saturated carbocycles. The van der Waals surface area contributed by atoms with E-state index in [9.17, 15) is 50.8 Å². The lowest BCUT2D eigenvalue weighted by molar-refractivity contribution is -0.357. The van der Waals surface area contributed by atoms with Gasteiger partial charge in [0.1, 0.15) is 36.6 Å². The van der Waals surface area contributed by atoms with Gasteiger partial charge in [-0.2, -0.15) is 0 Å². The second kappa shape index (κ2) is 14.5. The Hall–Kier alpha value is -3.51. The van der Waals surface area contributed by atoms with Gasteiger partial charge in [0.25, 0.3) is 0 Å². The molecule has 0 spiro atoms. The summed E-state index contributed by atoms with van der Waals surface area (Å²) in [7, 11) is 0. The topological polar surface area (TPSA) is 245 Å². The van der Waals surface area contributed by atoms with Crippen molar-refractivity contribution in [3.63, 3.8) is 0 Å². The van der Waals surface area contributed by atoms with E-state index in [-0.39, 0.29) is 30.3 Å². The molecule has 44 heavy (non-hydrogen) atoms. The van der Waals surface area contributed by atoms with Gasteiger partial charge in [-0.3, -0.25) is 0 Å². The van der Waals surface area contributed by atoms with Crippen molar-refractivity contribution in [2.24, 2.45) is 0 Å². The van der Waals surface area contributed by atoms with Gasteiger partial charge in [-0.15, -0.1) is 0 Å². The van der Waals surface area contributed by atoms with E-state index in [0.29, 0.717) is 11.1 Å². The number of carbonyl (C=O) groups is 1. The van der Waals surface area contributed by atoms with E-state index in [1.165, 1.54) is 43.3 Å². The van der Waals surface area contributed by atoms with E-state index in [2.05, 4.69) is 0 Å². The first-order chi connectivity index (χ1) is 20.9. The summed E-state index contributed by atoms with van der Waals surface area (Å²) in [6.45, 7) is 0.606. The highest BCUT2D eigenvalue weighted by atomic mass is 16.7. The van der Waals surface area contributed by atoms with Crippen LogP contribution in [0.5, 0.6) is 23.0 Å². The van der Waals surface area contributed by atoms with E-state index in [0.717, 1.165) is 6.08 Å². The zero-order valence-electron chi connectivity index (χ0n) is 23.5. The number of benzene rings is 2. The monoisotopic (exact) mass is 624 g/mol. The zero-order valence-corrected chi connectivity index (χ0v) is 23.5. The van der Waals surface area contributed by atoms with Crippen LogP contribution in [0.2, 0.25) is 0 Å². The second-order valence-electron chi connectivity index (χ2n) is 10.4.